The van der Waals surface area contributed by atoms with E-state index in [0.717, 1.165) is 36.4 Å². The predicted molar refractivity (Wildman–Crippen MR) is 99.3 cm³/mol. The largest absolute Gasteiger partial charge is 0.356 e. The molecule has 134 valence electrons. The predicted octanol–water partition coefficient (Wildman–Crippen LogP) is 1.39. The molecule has 9 heteroatoms. The summed E-state index contributed by atoms with van der Waals surface area (Å²) in [6.07, 6.45) is 5.90. The van der Waals surface area contributed by atoms with Crippen LogP contribution < -0.4 is 10.6 Å². The van der Waals surface area contributed by atoms with Crippen LogP contribution in [0.15, 0.2) is 35.6 Å². The van der Waals surface area contributed by atoms with Gasteiger partial charge < -0.3 is 14.9 Å². The molecule has 0 bridgehead atoms. The summed E-state index contributed by atoms with van der Waals surface area (Å²) in [5, 5.41) is 10.0. The van der Waals surface area contributed by atoms with Crippen LogP contribution in [0.3, 0.4) is 0 Å². The fourth-order valence-electron chi connectivity index (χ4n) is 3.82. The third-order valence-electron chi connectivity index (χ3n) is 5.10. The number of aromatic amines is 2. The summed E-state index contributed by atoms with van der Waals surface area (Å²) in [5.74, 6) is 1.23. The molecule has 9 nitrogen and oxygen atoms in total. The summed E-state index contributed by atoms with van der Waals surface area (Å²) in [4.78, 5) is 33.5. The molecule has 4 aromatic heterocycles. The second-order valence-electron chi connectivity index (χ2n) is 6.79. The lowest BCUT2D eigenvalue weighted by Crippen LogP contribution is -2.25. The molecule has 1 unspecified atom stereocenters. The monoisotopic (exact) mass is 360 g/mol. The third kappa shape index (κ3) is 2.54. The summed E-state index contributed by atoms with van der Waals surface area (Å²) in [5.41, 5.74) is 2.25. The molecule has 27 heavy (non-hydrogen) atoms. The standard InChI is InChI=1S/C18H16N8O/c19-6-12-5-14-17(21-7-12)26(18(27)24-14)9-11-2-4-25(8-11)16-13-1-3-20-15(13)22-10-23-16/h1,3,5,7,10-11H,2,4,8-9H2,(H,24,27)(H,20,22,23). The smallest absolute Gasteiger partial charge is 0.327 e. The number of nitriles is 1. The van der Waals surface area contributed by atoms with Gasteiger partial charge >= 0.3 is 5.69 Å². The van der Waals surface area contributed by atoms with E-state index in [0.29, 0.717) is 29.2 Å². The Bertz CT molecular complexity index is 1240. The Kier molecular flexibility index (Phi) is 3.43. The van der Waals surface area contributed by atoms with E-state index in [1.807, 2.05) is 18.3 Å². The topological polar surface area (TPSA) is 119 Å². The number of hydrogen-bond donors (Lipinski definition) is 2. The van der Waals surface area contributed by atoms with Crippen molar-refractivity contribution in [2.45, 2.75) is 13.0 Å². The van der Waals surface area contributed by atoms with Crippen molar-refractivity contribution in [2.75, 3.05) is 18.0 Å². The van der Waals surface area contributed by atoms with Crippen molar-refractivity contribution in [3.05, 3.63) is 46.9 Å². The fraction of sp³-hybridized carbons (Fsp3) is 0.278. The first kappa shape index (κ1) is 15.6. The van der Waals surface area contributed by atoms with Gasteiger partial charge in [-0.05, 0) is 24.5 Å². The normalized spacial score (nSPS) is 17.0. The highest BCUT2D eigenvalue weighted by atomic mass is 16.1. The minimum absolute atomic E-state index is 0.193. The van der Waals surface area contributed by atoms with Gasteiger partial charge in [0.05, 0.1) is 16.5 Å². The number of nitrogens with one attached hydrogen (secondary N) is 2. The van der Waals surface area contributed by atoms with E-state index in [-0.39, 0.29) is 5.69 Å². The first-order valence-electron chi connectivity index (χ1n) is 8.74. The van der Waals surface area contributed by atoms with Crippen molar-refractivity contribution >= 4 is 28.0 Å². The van der Waals surface area contributed by atoms with Crippen molar-refractivity contribution in [3.8, 4) is 6.07 Å². The van der Waals surface area contributed by atoms with Gasteiger partial charge in [-0.15, -0.1) is 0 Å². The van der Waals surface area contributed by atoms with Gasteiger partial charge in [0, 0.05) is 32.0 Å². The Labute approximate surface area is 153 Å². The van der Waals surface area contributed by atoms with Crippen molar-refractivity contribution in [1.29, 1.82) is 5.26 Å². The minimum Gasteiger partial charge on any atom is -0.356 e. The number of rotatable bonds is 3. The van der Waals surface area contributed by atoms with Gasteiger partial charge in [-0.2, -0.15) is 5.26 Å². The number of anilines is 1. The van der Waals surface area contributed by atoms with Crippen LogP contribution in [0.2, 0.25) is 0 Å². The van der Waals surface area contributed by atoms with Gasteiger partial charge in [0.25, 0.3) is 0 Å². The lowest BCUT2D eigenvalue weighted by Gasteiger charge is -2.18. The minimum atomic E-state index is -0.193. The van der Waals surface area contributed by atoms with Crippen LogP contribution in [0.25, 0.3) is 22.2 Å². The average molecular weight is 360 g/mol. The molecular formula is C18H16N8O. The van der Waals surface area contributed by atoms with Crippen molar-refractivity contribution in [3.63, 3.8) is 0 Å². The summed E-state index contributed by atoms with van der Waals surface area (Å²) in [6, 6.07) is 5.68. The average Bonchev–Trinajstić information content (AvgIpc) is 3.40. The molecule has 0 amide bonds. The highest BCUT2D eigenvalue weighted by Crippen LogP contribution is 2.28. The molecule has 1 aliphatic rings. The quantitative estimate of drug-likeness (QED) is 0.570. The van der Waals surface area contributed by atoms with Crippen molar-refractivity contribution < 1.29 is 0 Å². The molecule has 2 N–H and O–H groups in total. The summed E-state index contributed by atoms with van der Waals surface area (Å²) in [6.45, 7) is 2.27. The molecule has 5 rings (SSSR count). The zero-order valence-electron chi connectivity index (χ0n) is 14.4. The summed E-state index contributed by atoms with van der Waals surface area (Å²) < 4.78 is 1.66. The number of imidazole rings is 1. The molecule has 0 radical (unpaired) electrons. The number of pyridine rings is 1. The number of aromatic nitrogens is 6. The molecule has 0 spiro atoms. The molecule has 5 heterocycles. The molecular weight excluding hydrogens is 344 g/mol. The molecule has 0 aromatic carbocycles. The molecule has 4 aromatic rings. The summed E-state index contributed by atoms with van der Waals surface area (Å²) >= 11 is 0. The van der Waals surface area contributed by atoms with Gasteiger partial charge in [-0.25, -0.2) is 19.7 Å². The molecule has 1 fully saturated rings. The zero-order valence-corrected chi connectivity index (χ0v) is 14.4. The Morgan fingerprint density at radius 1 is 1.33 bits per heavy atom. The van der Waals surface area contributed by atoms with Gasteiger partial charge in [0.1, 0.15) is 23.9 Å². The maximum Gasteiger partial charge on any atom is 0.327 e. The molecule has 1 saturated heterocycles. The van der Waals surface area contributed by atoms with Gasteiger partial charge in [0.15, 0.2) is 5.65 Å². The molecule has 0 aliphatic carbocycles. The van der Waals surface area contributed by atoms with Crippen molar-refractivity contribution in [2.24, 2.45) is 5.92 Å². The Balaban J connectivity index is 1.41. The van der Waals surface area contributed by atoms with Crippen LogP contribution >= 0.6 is 0 Å². The van der Waals surface area contributed by atoms with E-state index in [9.17, 15) is 4.79 Å². The van der Waals surface area contributed by atoms with Crippen LogP contribution in [-0.2, 0) is 6.54 Å². The number of H-pyrrole nitrogens is 2. The first-order chi connectivity index (χ1) is 13.2. The third-order valence-corrected chi connectivity index (χ3v) is 5.10. The van der Waals surface area contributed by atoms with E-state index in [4.69, 9.17) is 5.26 Å². The molecule has 1 aliphatic heterocycles. The van der Waals surface area contributed by atoms with Crippen LogP contribution in [0, 0.1) is 17.2 Å². The van der Waals surface area contributed by atoms with E-state index in [1.165, 1.54) is 6.20 Å². The lowest BCUT2D eigenvalue weighted by atomic mass is 10.1. The first-order valence-corrected chi connectivity index (χ1v) is 8.74. The maximum absolute atomic E-state index is 12.4. The highest BCUT2D eigenvalue weighted by molar-refractivity contribution is 5.87. The SMILES string of the molecule is N#Cc1cnc2c(c1)[nH]c(=O)n2CC1CCN(c2ncnc3[nH]ccc23)C1. The van der Waals surface area contributed by atoms with E-state index < -0.39 is 0 Å². The Morgan fingerprint density at radius 2 is 2.26 bits per heavy atom. The maximum atomic E-state index is 12.4. The van der Waals surface area contributed by atoms with Crippen molar-refractivity contribution in [1.82, 2.24) is 29.5 Å². The van der Waals surface area contributed by atoms with Gasteiger partial charge in [-0.1, -0.05) is 0 Å². The van der Waals surface area contributed by atoms with Gasteiger partial charge in [0.2, 0.25) is 0 Å². The summed E-state index contributed by atoms with van der Waals surface area (Å²) in [7, 11) is 0. The van der Waals surface area contributed by atoms with Crippen LogP contribution in [-0.4, -0.2) is 42.6 Å². The zero-order chi connectivity index (χ0) is 18.4. The number of fused-ring (bicyclic) bond motifs is 2. The second-order valence-corrected chi connectivity index (χ2v) is 6.79. The van der Waals surface area contributed by atoms with Crippen LogP contribution in [0.1, 0.15) is 12.0 Å². The fourth-order valence-corrected chi connectivity index (χ4v) is 3.82. The number of nitrogens with zero attached hydrogens (tertiary/aromatic N) is 6. The highest BCUT2D eigenvalue weighted by Gasteiger charge is 2.26. The molecule has 1 atom stereocenters. The number of hydrogen-bond acceptors (Lipinski definition) is 6. The second kappa shape index (κ2) is 5.95. The van der Waals surface area contributed by atoms with E-state index >= 15 is 0 Å². The Hall–Kier alpha value is -3.67. The van der Waals surface area contributed by atoms with Gasteiger partial charge in [-0.3, -0.25) is 4.57 Å². The van der Waals surface area contributed by atoms with Crippen LogP contribution in [0.5, 0.6) is 0 Å². The molecule has 0 saturated carbocycles. The van der Waals surface area contributed by atoms with E-state index in [1.54, 1.807) is 17.0 Å². The van der Waals surface area contributed by atoms with E-state index in [2.05, 4.69) is 29.8 Å². The lowest BCUT2D eigenvalue weighted by molar-refractivity contribution is 0.483. The Morgan fingerprint density at radius 3 is 3.15 bits per heavy atom. The van der Waals surface area contributed by atoms with Crippen LogP contribution in [0.4, 0.5) is 5.82 Å².